The summed E-state index contributed by atoms with van der Waals surface area (Å²) < 4.78 is 45.9. The van der Waals surface area contributed by atoms with Crippen molar-refractivity contribution < 1.29 is 27.1 Å². The SMILES string of the molecule is O=C(CCCOC(=O)c1ccc(Cl)c(S(=O)(=O)NCc2ccccc2)c1)c1ccc(F)cc1. The number of carbonyl (C=O) groups is 2. The number of esters is 1. The van der Waals surface area contributed by atoms with Gasteiger partial charge in [0.2, 0.25) is 10.0 Å². The molecule has 0 unspecified atom stereocenters. The summed E-state index contributed by atoms with van der Waals surface area (Å²) in [5.41, 5.74) is 1.16. The Balaban J connectivity index is 1.57. The van der Waals surface area contributed by atoms with E-state index in [1.807, 2.05) is 6.07 Å². The summed E-state index contributed by atoms with van der Waals surface area (Å²) >= 11 is 6.06. The number of rotatable bonds is 10. The van der Waals surface area contributed by atoms with Crippen LogP contribution in [0.15, 0.2) is 77.7 Å². The van der Waals surface area contributed by atoms with E-state index in [0.717, 1.165) is 11.6 Å². The van der Waals surface area contributed by atoms with Gasteiger partial charge in [0.1, 0.15) is 10.7 Å². The first-order valence-electron chi connectivity index (χ1n) is 10.1. The Bertz CT molecular complexity index is 1230. The molecule has 0 aromatic heterocycles. The van der Waals surface area contributed by atoms with Gasteiger partial charge < -0.3 is 4.74 Å². The number of carbonyl (C=O) groups excluding carboxylic acids is 2. The number of hydrogen-bond acceptors (Lipinski definition) is 5. The fraction of sp³-hybridized carbons (Fsp3) is 0.167. The van der Waals surface area contributed by atoms with Crippen molar-refractivity contribution in [3.63, 3.8) is 0 Å². The number of ether oxygens (including phenoxy) is 1. The van der Waals surface area contributed by atoms with Gasteiger partial charge in [-0.25, -0.2) is 22.3 Å². The molecule has 33 heavy (non-hydrogen) atoms. The van der Waals surface area contributed by atoms with Gasteiger partial charge in [-0.05, 0) is 54.4 Å². The summed E-state index contributed by atoms with van der Waals surface area (Å²) in [7, 11) is -3.98. The van der Waals surface area contributed by atoms with E-state index in [4.69, 9.17) is 16.3 Å². The van der Waals surface area contributed by atoms with E-state index in [9.17, 15) is 22.4 Å². The molecule has 0 bridgehead atoms. The summed E-state index contributed by atoms with van der Waals surface area (Å²) in [6.07, 6.45) is 0.377. The van der Waals surface area contributed by atoms with Crippen molar-refractivity contribution in [2.45, 2.75) is 24.3 Å². The van der Waals surface area contributed by atoms with Crippen molar-refractivity contribution in [3.8, 4) is 0 Å². The Kier molecular flexibility index (Phi) is 8.32. The number of sulfonamides is 1. The second kappa shape index (κ2) is 11.2. The van der Waals surface area contributed by atoms with Gasteiger partial charge in [-0.15, -0.1) is 0 Å². The predicted octanol–water partition coefficient (Wildman–Crippen LogP) is 4.78. The van der Waals surface area contributed by atoms with Crippen molar-refractivity contribution in [1.82, 2.24) is 4.72 Å². The van der Waals surface area contributed by atoms with E-state index < -0.39 is 21.8 Å². The zero-order chi connectivity index (χ0) is 23.8. The number of benzene rings is 3. The van der Waals surface area contributed by atoms with Gasteiger partial charge >= 0.3 is 5.97 Å². The van der Waals surface area contributed by atoms with Crippen molar-refractivity contribution in [2.75, 3.05) is 6.61 Å². The lowest BCUT2D eigenvalue weighted by Gasteiger charge is -2.10. The normalized spacial score (nSPS) is 11.2. The Hall–Kier alpha value is -3.07. The molecule has 0 aliphatic carbocycles. The van der Waals surface area contributed by atoms with Crippen molar-refractivity contribution in [1.29, 1.82) is 0 Å². The van der Waals surface area contributed by atoms with Crippen LogP contribution in [0.3, 0.4) is 0 Å². The Morgan fingerprint density at radius 1 is 0.939 bits per heavy atom. The van der Waals surface area contributed by atoms with E-state index >= 15 is 0 Å². The molecule has 172 valence electrons. The quantitative estimate of drug-likeness (QED) is 0.251. The van der Waals surface area contributed by atoms with Crippen LogP contribution in [0.25, 0.3) is 0 Å². The van der Waals surface area contributed by atoms with Gasteiger partial charge in [0.15, 0.2) is 5.78 Å². The molecule has 3 aromatic carbocycles. The lowest BCUT2D eigenvalue weighted by molar-refractivity contribution is 0.0494. The van der Waals surface area contributed by atoms with Crippen LogP contribution in [-0.2, 0) is 21.3 Å². The maximum Gasteiger partial charge on any atom is 0.338 e. The highest BCUT2D eigenvalue weighted by Gasteiger charge is 2.20. The number of halogens is 2. The van der Waals surface area contributed by atoms with Crippen LogP contribution in [0, 0.1) is 5.82 Å². The molecule has 1 N–H and O–H groups in total. The molecule has 0 saturated heterocycles. The monoisotopic (exact) mass is 489 g/mol. The molecule has 3 rings (SSSR count). The van der Waals surface area contributed by atoms with Crippen LogP contribution < -0.4 is 4.72 Å². The van der Waals surface area contributed by atoms with Crippen LogP contribution in [0.4, 0.5) is 4.39 Å². The van der Waals surface area contributed by atoms with E-state index in [-0.39, 0.29) is 47.3 Å². The highest BCUT2D eigenvalue weighted by molar-refractivity contribution is 7.89. The maximum atomic E-state index is 12.9. The number of ketones is 1. The average molecular weight is 490 g/mol. The van der Waals surface area contributed by atoms with Crippen molar-refractivity contribution in [3.05, 3.63) is 100 Å². The maximum absolute atomic E-state index is 12.9. The molecule has 0 fully saturated rings. The predicted molar refractivity (Wildman–Crippen MR) is 122 cm³/mol. The van der Waals surface area contributed by atoms with Crippen molar-refractivity contribution >= 4 is 33.4 Å². The lowest BCUT2D eigenvalue weighted by atomic mass is 10.1. The zero-order valence-electron chi connectivity index (χ0n) is 17.5. The molecule has 0 heterocycles. The van der Waals surface area contributed by atoms with E-state index in [1.165, 1.54) is 36.4 Å². The third kappa shape index (κ3) is 6.95. The van der Waals surface area contributed by atoms with Crippen LogP contribution in [-0.4, -0.2) is 26.8 Å². The minimum absolute atomic E-state index is 0.0179. The van der Waals surface area contributed by atoms with Gasteiger partial charge in [-0.1, -0.05) is 41.9 Å². The van der Waals surface area contributed by atoms with Gasteiger partial charge in [0.25, 0.3) is 0 Å². The minimum Gasteiger partial charge on any atom is -0.462 e. The van der Waals surface area contributed by atoms with Gasteiger partial charge in [-0.3, -0.25) is 4.79 Å². The van der Waals surface area contributed by atoms with Gasteiger partial charge in [0.05, 0.1) is 17.2 Å². The second-order valence-electron chi connectivity index (χ2n) is 7.12. The number of nitrogens with one attached hydrogen (secondary N) is 1. The first-order chi connectivity index (χ1) is 15.8. The third-order valence-electron chi connectivity index (χ3n) is 4.71. The summed E-state index contributed by atoms with van der Waals surface area (Å²) in [4.78, 5) is 24.2. The molecule has 6 nitrogen and oxygen atoms in total. The first-order valence-corrected chi connectivity index (χ1v) is 11.9. The zero-order valence-corrected chi connectivity index (χ0v) is 19.0. The molecule has 0 aliphatic heterocycles. The van der Waals surface area contributed by atoms with Crippen LogP contribution in [0.2, 0.25) is 5.02 Å². The smallest absolute Gasteiger partial charge is 0.338 e. The van der Waals surface area contributed by atoms with Gasteiger partial charge in [-0.2, -0.15) is 0 Å². The van der Waals surface area contributed by atoms with Crippen molar-refractivity contribution in [2.24, 2.45) is 0 Å². The standard InChI is InChI=1S/C24H21ClFNO5S/c25-21-13-10-19(15-23(21)33(30,31)27-16-17-5-2-1-3-6-17)24(29)32-14-4-7-22(28)18-8-11-20(26)12-9-18/h1-3,5-6,8-13,15,27H,4,7,14,16H2. The average Bonchev–Trinajstić information content (AvgIpc) is 2.81. The summed E-state index contributed by atoms with van der Waals surface area (Å²) in [5.74, 6) is -1.36. The fourth-order valence-electron chi connectivity index (χ4n) is 2.95. The van der Waals surface area contributed by atoms with E-state index in [1.54, 1.807) is 24.3 Å². The molecule has 0 amide bonds. The molecule has 9 heteroatoms. The largest absolute Gasteiger partial charge is 0.462 e. The highest BCUT2D eigenvalue weighted by atomic mass is 35.5. The number of hydrogen-bond donors (Lipinski definition) is 1. The second-order valence-corrected chi connectivity index (χ2v) is 9.27. The van der Waals surface area contributed by atoms with E-state index in [0.29, 0.717) is 5.56 Å². The molecule has 0 aliphatic rings. The lowest BCUT2D eigenvalue weighted by Crippen LogP contribution is -2.24. The Morgan fingerprint density at radius 3 is 2.30 bits per heavy atom. The molecular formula is C24H21ClFNO5S. The molecule has 0 saturated carbocycles. The van der Waals surface area contributed by atoms with E-state index in [2.05, 4.69) is 4.72 Å². The summed E-state index contributed by atoms with van der Waals surface area (Å²) in [6.45, 7) is 0.0268. The summed E-state index contributed by atoms with van der Waals surface area (Å²) in [5, 5.41) is -0.0305. The molecule has 0 radical (unpaired) electrons. The highest BCUT2D eigenvalue weighted by Crippen LogP contribution is 2.23. The molecule has 3 aromatic rings. The molecule has 0 atom stereocenters. The van der Waals surface area contributed by atoms with Gasteiger partial charge in [0, 0.05) is 18.5 Å². The van der Waals surface area contributed by atoms with Crippen LogP contribution >= 0.6 is 11.6 Å². The summed E-state index contributed by atoms with van der Waals surface area (Å²) in [6, 6.07) is 18.0. The Morgan fingerprint density at radius 2 is 1.61 bits per heavy atom. The third-order valence-corrected chi connectivity index (χ3v) is 6.60. The Labute approximate surface area is 196 Å². The fourth-order valence-corrected chi connectivity index (χ4v) is 4.49. The molecular weight excluding hydrogens is 469 g/mol. The molecule has 0 spiro atoms. The topological polar surface area (TPSA) is 89.5 Å². The number of Topliss-reactive ketones (excluding diaryl/α,β-unsaturated/α-hetero) is 1. The minimum atomic E-state index is -3.98. The van der Waals surface area contributed by atoms with Crippen LogP contribution in [0.1, 0.15) is 39.1 Å². The first kappa shape index (κ1) is 24.6. The van der Waals surface area contributed by atoms with Crippen LogP contribution in [0.5, 0.6) is 0 Å².